The van der Waals surface area contributed by atoms with Gasteiger partial charge < -0.3 is 30.4 Å². The molecule has 33 heavy (non-hydrogen) atoms. The Morgan fingerprint density at radius 1 is 1.15 bits per heavy atom. The minimum absolute atomic E-state index is 0.00297. The van der Waals surface area contributed by atoms with Crippen LogP contribution in [0.25, 0.3) is 0 Å². The molecule has 10 nitrogen and oxygen atoms in total. The number of carbonyl (C=O) groups is 3. The lowest BCUT2D eigenvalue weighted by molar-refractivity contribution is -0.143. The largest absolute Gasteiger partial charge is 0.481 e. The van der Waals surface area contributed by atoms with E-state index in [9.17, 15) is 14.0 Å². The summed E-state index contributed by atoms with van der Waals surface area (Å²) in [5, 5.41) is 17.5. The maximum Gasteiger partial charge on any atom is 0.343 e. The highest BCUT2D eigenvalue weighted by atomic mass is 19.1. The van der Waals surface area contributed by atoms with Crippen molar-refractivity contribution in [2.45, 2.75) is 19.6 Å². The molecule has 2 rings (SSSR count). The first-order chi connectivity index (χ1) is 15.6. The summed E-state index contributed by atoms with van der Waals surface area (Å²) in [6.45, 7) is 0.803. The molecule has 0 bridgehead atoms. The third kappa shape index (κ3) is 8.95. The van der Waals surface area contributed by atoms with Crippen molar-refractivity contribution in [3.8, 4) is 5.75 Å². The van der Waals surface area contributed by atoms with E-state index in [0.717, 1.165) is 12.5 Å². The zero-order valence-electron chi connectivity index (χ0n) is 18.4. The van der Waals surface area contributed by atoms with Crippen LogP contribution < -0.4 is 15.8 Å². The third-order valence-corrected chi connectivity index (χ3v) is 4.05. The van der Waals surface area contributed by atoms with Crippen LogP contribution in [0.15, 0.2) is 42.5 Å². The van der Waals surface area contributed by atoms with Crippen molar-refractivity contribution in [3.05, 3.63) is 65.0 Å². The van der Waals surface area contributed by atoms with Gasteiger partial charge in [-0.1, -0.05) is 30.3 Å². The Morgan fingerprint density at radius 3 is 2.27 bits per heavy atom. The van der Waals surface area contributed by atoms with E-state index in [2.05, 4.69) is 10.1 Å². The molecule has 5 N–H and O–H groups in total. The number of nitrogens with two attached hydrogens (primary N) is 1. The van der Waals surface area contributed by atoms with E-state index in [4.69, 9.17) is 30.5 Å². The monoisotopic (exact) mass is 463 g/mol. The van der Waals surface area contributed by atoms with Gasteiger partial charge in [-0.2, -0.15) is 0 Å². The summed E-state index contributed by atoms with van der Waals surface area (Å²) < 4.78 is 29.4. The Labute approximate surface area is 190 Å². The number of nitrogen functional groups attached to an aromatic ring is 1. The molecule has 0 fully saturated rings. The highest BCUT2D eigenvalue weighted by molar-refractivity contribution is 5.94. The van der Waals surface area contributed by atoms with Crippen molar-refractivity contribution in [3.63, 3.8) is 0 Å². The second-order valence-electron chi connectivity index (χ2n) is 6.48. The van der Waals surface area contributed by atoms with Gasteiger partial charge in [-0.15, -0.1) is 0 Å². The predicted molar refractivity (Wildman–Crippen MR) is 116 cm³/mol. The average Bonchev–Trinajstić information content (AvgIpc) is 2.77. The van der Waals surface area contributed by atoms with Gasteiger partial charge >= 0.3 is 5.97 Å². The third-order valence-electron chi connectivity index (χ3n) is 4.05. The van der Waals surface area contributed by atoms with Crippen LogP contribution in [-0.4, -0.2) is 49.6 Å². The summed E-state index contributed by atoms with van der Waals surface area (Å²) in [6.07, 6.45) is -1.29. The minimum atomic E-state index is -1.29. The van der Waals surface area contributed by atoms with E-state index >= 15 is 0 Å². The van der Waals surface area contributed by atoms with Crippen LogP contribution in [0.1, 0.15) is 29.7 Å². The first-order valence-corrected chi connectivity index (χ1v) is 9.52. The molecule has 0 aromatic heterocycles. The van der Waals surface area contributed by atoms with Crippen molar-refractivity contribution < 1.29 is 38.1 Å². The normalized spacial score (nSPS) is 10.8. The second kappa shape index (κ2) is 13.4. The number of carboxylic acids is 1. The molecule has 1 atom stereocenters. The number of carboxylic acid groups (broad SMARTS) is 1. The standard InChI is InChI=1S/C20H22FN3O5.C2H4O2/c1-27-16(25)11-29-15-5-3-4-14(21)17(15)18(28-2)20(26)24-10-12-6-8-13(9-7-12)19(22)23;1-2(3)4/h3-9,18H,10-11H2,1-2H3,(H3,22,23)(H,24,26);1H3,(H,3,4). The molecule has 1 amide bonds. The highest BCUT2D eigenvalue weighted by Crippen LogP contribution is 2.30. The summed E-state index contributed by atoms with van der Waals surface area (Å²) in [5.41, 5.74) is 6.61. The van der Waals surface area contributed by atoms with Gasteiger partial charge in [0.2, 0.25) is 0 Å². The lowest BCUT2D eigenvalue weighted by Crippen LogP contribution is -2.31. The second-order valence-corrected chi connectivity index (χ2v) is 6.48. The fourth-order valence-electron chi connectivity index (χ4n) is 2.53. The van der Waals surface area contributed by atoms with Gasteiger partial charge in [-0.3, -0.25) is 15.0 Å². The number of hydrogen-bond donors (Lipinski definition) is 4. The van der Waals surface area contributed by atoms with Gasteiger partial charge in [0.25, 0.3) is 11.9 Å². The van der Waals surface area contributed by atoms with E-state index in [1.807, 2.05) is 0 Å². The summed E-state index contributed by atoms with van der Waals surface area (Å²) in [5.74, 6) is -2.83. The molecule has 0 aliphatic rings. The van der Waals surface area contributed by atoms with E-state index < -0.39 is 36.4 Å². The molecule has 2 aromatic rings. The molecule has 2 aromatic carbocycles. The molecule has 11 heteroatoms. The molecule has 0 aliphatic heterocycles. The molecule has 0 aliphatic carbocycles. The number of amidine groups is 1. The van der Waals surface area contributed by atoms with Gasteiger partial charge in [0.1, 0.15) is 17.4 Å². The number of methoxy groups -OCH3 is 2. The fourth-order valence-corrected chi connectivity index (χ4v) is 2.53. The summed E-state index contributed by atoms with van der Waals surface area (Å²) >= 11 is 0. The highest BCUT2D eigenvalue weighted by Gasteiger charge is 2.27. The quantitative estimate of drug-likeness (QED) is 0.248. The van der Waals surface area contributed by atoms with Crippen molar-refractivity contribution in [1.82, 2.24) is 5.32 Å². The number of esters is 1. The predicted octanol–water partition coefficient (Wildman–Crippen LogP) is 1.76. The Bertz CT molecular complexity index is 976. The van der Waals surface area contributed by atoms with Gasteiger partial charge in [0.05, 0.1) is 12.7 Å². The number of nitrogens with one attached hydrogen (secondary N) is 2. The van der Waals surface area contributed by atoms with Crippen molar-refractivity contribution in [2.75, 3.05) is 20.8 Å². The Morgan fingerprint density at radius 2 is 1.76 bits per heavy atom. The van der Waals surface area contributed by atoms with Gasteiger partial charge in [-0.25, -0.2) is 9.18 Å². The smallest absolute Gasteiger partial charge is 0.343 e. The van der Waals surface area contributed by atoms with E-state index in [0.29, 0.717) is 5.56 Å². The zero-order chi connectivity index (χ0) is 25.0. The van der Waals surface area contributed by atoms with Crippen LogP contribution in [0.4, 0.5) is 4.39 Å². The topological polar surface area (TPSA) is 161 Å². The molecule has 0 saturated carbocycles. The lowest BCUT2D eigenvalue weighted by atomic mass is 10.1. The van der Waals surface area contributed by atoms with Gasteiger partial charge in [-0.05, 0) is 17.7 Å². The number of aliphatic carboxylic acids is 1. The number of carbonyl (C=O) groups excluding carboxylic acids is 2. The Balaban J connectivity index is 0.00000125. The summed E-state index contributed by atoms with van der Waals surface area (Å²) in [4.78, 5) is 32.9. The Kier molecular flexibility index (Phi) is 11.0. The van der Waals surface area contributed by atoms with Crippen LogP contribution in [0.3, 0.4) is 0 Å². The van der Waals surface area contributed by atoms with Crippen LogP contribution in [0.2, 0.25) is 0 Å². The van der Waals surface area contributed by atoms with Gasteiger partial charge in [0.15, 0.2) is 12.7 Å². The summed E-state index contributed by atoms with van der Waals surface area (Å²) in [6, 6.07) is 10.7. The molecule has 1 unspecified atom stereocenters. The van der Waals surface area contributed by atoms with Crippen LogP contribution in [-0.2, 0) is 30.4 Å². The van der Waals surface area contributed by atoms with Crippen LogP contribution >= 0.6 is 0 Å². The van der Waals surface area contributed by atoms with E-state index in [1.165, 1.54) is 32.4 Å². The number of ether oxygens (including phenoxy) is 3. The lowest BCUT2D eigenvalue weighted by Gasteiger charge is -2.19. The van der Waals surface area contributed by atoms with E-state index in [1.54, 1.807) is 24.3 Å². The first-order valence-electron chi connectivity index (χ1n) is 9.52. The molecular weight excluding hydrogens is 437 g/mol. The number of rotatable bonds is 9. The van der Waals surface area contributed by atoms with Gasteiger partial charge in [0, 0.05) is 26.1 Å². The maximum atomic E-state index is 14.4. The van der Waals surface area contributed by atoms with Crippen LogP contribution in [0, 0.1) is 11.2 Å². The number of benzene rings is 2. The molecule has 0 heterocycles. The Hall–Kier alpha value is -3.99. The number of hydrogen-bond acceptors (Lipinski definition) is 7. The molecule has 0 saturated heterocycles. The number of halogens is 1. The van der Waals surface area contributed by atoms with Crippen molar-refractivity contribution in [1.29, 1.82) is 5.41 Å². The molecule has 178 valence electrons. The van der Waals surface area contributed by atoms with E-state index in [-0.39, 0.29) is 23.7 Å². The SMILES string of the molecule is CC(=O)O.COC(=O)COc1cccc(F)c1C(OC)C(=O)NCc1ccc(C(=N)N)cc1. The fraction of sp³-hybridized carbons (Fsp3) is 0.273. The van der Waals surface area contributed by atoms with Crippen LogP contribution in [0.5, 0.6) is 5.75 Å². The molecular formula is C22H26FN3O7. The number of amides is 1. The first kappa shape index (κ1) is 27.0. The average molecular weight is 463 g/mol. The van der Waals surface area contributed by atoms with Crippen molar-refractivity contribution >= 4 is 23.7 Å². The zero-order valence-corrected chi connectivity index (χ0v) is 18.4. The maximum absolute atomic E-state index is 14.4. The molecule has 0 radical (unpaired) electrons. The molecule has 0 spiro atoms. The summed E-state index contributed by atoms with van der Waals surface area (Å²) in [7, 11) is 2.47. The van der Waals surface area contributed by atoms with Crippen molar-refractivity contribution in [2.24, 2.45) is 5.73 Å². The minimum Gasteiger partial charge on any atom is -0.481 e.